The van der Waals surface area contributed by atoms with Gasteiger partial charge in [-0.15, -0.1) is 0 Å². The smallest absolute Gasteiger partial charge is 0.309 e. The highest BCUT2D eigenvalue weighted by Crippen LogP contribution is 2.04. The van der Waals surface area contributed by atoms with Crippen molar-refractivity contribution in [3.8, 4) is 0 Å². The second-order valence-corrected chi connectivity index (χ2v) is 2.00. The van der Waals surface area contributed by atoms with Gasteiger partial charge in [-0.25, -0.2) is 9.97 Å². The van der Waals surface area contributed by atoms with Crippen molar-refractivity contribution in [2.75, 3.05) is 5.73 Å². The van der Waals surface area contributed by atoms with Gasteiger partial charge in [0.25, 0.3) is 0 Å². The SMILES string of the molecule is Nc1cncnc1CC(=O)O. The first-order valence-corrected chi connectivity index (χ1v) is 2.96. The summed E-state index contributed by atoms with van der Waals surface area (Å²) in [6.07, 6.45) is 2.49. The molecule has 0 aromatic carbocycles. The van der Waals surface area contributed by atoms with Crippen LogP contribution in [-0.2, 0) is 11.2 Å². The van der Waals surface area contributed by atoms with Gasteiger partial charge in [-0.05, 0) is 0 Å². The molecule has 1 aromatic heterocycles. The van der Waals surface area contributed by atoms with Gasteiger partial charge in [-0.1, -0.05) is 0 Å². The molecule has 0 aliphatic heterocycles. The Morgan fingerprint density at radius 3 is 3.00 bits per heavy atom. The number of aliphatic carboxylic acids is 1. The van der Waals surface area contributed by atoms with Crippen LogP contribution in [0.15, 0.2) is 12.5 Å². The molecular formula is C6H7N3O2. The van der Waals surface area contributed by atoms with E-state index in [2.05, 4.69) is 9.97 Å². The zero-order valence-corrected chi connectivity index (χ0v) is 5.69. The van der Waals surface area contributed by atoms with Crippen LogP contribution in [0.2, 0.25) is 0 Å². The van der Waals surface area contributed by atoms with Crippen molar-refractivity contribution in [2.45, 2.75) is 6.42 Å². The van der Waals surface area contributed by atoms with Crippen LogP contribution in [0, 0.1) is 0 Å². The van der Waals surface area contributed by atoms with Gasteiger partial charge in [0, 0.05) is 0 Å². The van der Waals surface area contributed by atoms with E-state index in [1.54, 1.807) is 0 Å². The number of aromatic nitrogens is 2. The minimum absolute atomic E-state index is 0.158. The highest BCUT2D eigenvalue weighted by molar-refractivity contribution is 5.71. The summed E-state index contributed by atoms with van der Waals surface area (Å²) < 4.78 is 0. The Morgan fingerprint density at radius 1 is 1.73 bits per heavy atom. The van der Waals surface area contributed by atoms with E-state index in [1.165, 1.54) is 12.5 Å². The van der Waals surface area contributed by atoms with Crippen molar-refractivity contribution in [3.05, 3.63) is 18.2 Å². The van der Waals surface area contributed by atoms with Gasteiger partial charge in [0.15, 0.2) is 0 Å². The maximum Gasteiger partial charge on any atom is 0.309 e. The van der Waals surface area contributed by atoms with E-state index in [4.69, 9.17) is 10.8 Å². The van der Waals surface area contributed by atoms with Gasteiger partial charge in [0.05, 0.1) is 24.0 Å². The molecule has 58 valence electrons. The number of hydrogen-bond donors (Lipinski definition) is 2. The van der Waals surface area contributed by atoms with E-state index >= 15 is 0 Å². The van der Waals surface area contributed by atoms with Crippen LogP contribution >= 0.6 is 0 Å². The summed E-state index contributed by atoms with van der Waals surface area (Å²) in [5.41, 5.74) is 6.05. The highest BCUT2D eigenvalue weighted by Gasteiger charge is 2.04. The average Bonchev–Trinajstić information content (AvgIpc) is 1.93. The maximum absolute atomic E-state index is 10.2. The van der Waals surface area contributed by atoms with Crippen LogP contribution in [0.1, 0.15) is 5.69 Å². The third-order valence-electron chi connectivity index (χ3n) is 1.15. The predicted octanol–water partition coefficient (Wildman–Crippen LogP) is -0.314. The van der Waals surface area contributed by atoms with Gasteiger partial charge in [0.1, 0.15) is 6.33 Å². The summed E-state index contributed by atoms with van der Waals surface area (Å²) >= 11 is 0. The molecular weight excluding hydrogens is 146 g/mol. The average molecular weight is 153 g/mol. The Morgan fingerprint density at radius 2 is 2.45 bits per heavy atom. The number of nitrogen functional groups attached to an aromatic ring is 1. The van der Waals surface area contributed by atoms with Crippen molar-refractivity contribution >= 4 is 11.7 Å². The molecule has 0 aliphatic carbocycles. The largest absolute Gasteiger partial charge is 0.481 e. The van der Waals surface area contributed by atoms with Gasteiger partial charge in [-0.3, -0.25) is 4.79 Å². The molecule has 11 heavy (non-hydrogen) atoms. The van der Waals surface area contributed by atoms with Gasteiger partial charge in [0.2, 0.25) is 0 Å². The fraction of sp³-hybridized carbons (Fsp3) is 0.167. The Kier molecular flexibility index (Phi) is 2.00. The number of anilines is 1. The first kappa shape index (κ1) is 7.46. The van der Waals surface area contributed by atoms with Crippen LogP contribution in [0.5, 0.6) is 0 Å². The third kappa shape index (κ3) is 1.89. The van der Waals surface area contributed by atoms with Crippen LogP contribution in [0.25, 0.3) is 0 Å². The lowest BCUT2D eigenvalue weighted by Crippen LogP contribution is -2.05. The van der Waals surface area contributed by atoms with Gasteiger partial charge in [-0.2, -0.15) is 0 Å². The minimum atomic E-state index is -0.949. The second kappa shape index (κ2) is 2.96. The molecule has 3 N–H and O–H groups in total. The van der Waals surface area contributed by atoms with Crippen molar-refractivity contribution in [1.29, 1.82) is 0 Å². The number of carboxylic acids is 1. The molecule has 0 saturated heterocycles. The minimum Gasteiger partial charge on any atom is -0.481 e. The lowest BCUT2D eigenvalue weighted by atomic mass is 10.3. The molecule has 0 amide bonds. The summed E-state index contributed by atoms with van der Waals surface area (Å²) in [5, 5.41) is 8.38. The normalized spacial score (nSPS) is 9.45. The Labute approximate surface area is 62.9 Å². The van der Waals surface area contributed by atoms with Crippen molar-refractivity contribution in [1.82, 2.24) is 9.97 Å². The zero-order chi connectivity index (χ0) is 8.27. The monoisotopic (exact) mass is 153 g/mol. The van der Waals surface area contributed by atoms with E-state index in [1.807, 2.05) is 0 Å². The standard InChI is InChI=1S/C6H7N3O2/c7-4-2-8-3-9-5(4)1-6(10)11/h2-3H,1,7H2,(H,10,11). The number of rotatable bonds is 2. The number of carbonyl (C=O) groups is 1. The molecule has 0 spiro atoms. The molecule has 0 atom stereocenters. The van der Waals surface area contributed by atoms with Gasteiger partial charge < -0.3 is 10.8 Å². The van der Waals surface area contributed by atoms with Crippen molar-refractivity contribution < 1.29 is 9.90 Å². The summed E-state index contributed by atoms with van der Waals surface area (Å²) in [6, 6.07) is 0. The zero-order valence-electron chi connectivity index (χ0n) is 5.69. The quantitative estimate of drug-likeness (QED) is 0.608. The third-order valence-corrected chi connectivity index (χ3v) is 1.15. The van der Waals surface area contributed by atoms with E-state index in [0.717, 1.165) is 0 Å². The Hall–Kier alpha value is -1.65. The summed E-state index contributed by atoms with van der Waals surface area (Å²) in [4.78, 5) is 17.5. The summed E-state index contributed by atoms with van der Waals surface area (Å²) in [5.74, 6) is -0.949. The Balaban J connectivity index is 2.86. The molecule has 0 unspecified atom stereocenters. The summed E-state index contributed by atoms with van der Waals surface area (Å²) in [7, 11) is 0. The first-order valence-electron chi connectivity index (χ1n) is 2.96. The molecule has 5 nitrogen and oxygen atoms in total. The highest BCUT2D eigenvalue weighted by atomic mass is 16.4. The molecule has 0 bridgehead atoms. The molecule has 1 rings (SSSR count). The molecule has 1 aromatic rings. The second-order valence-electron chi connectivity index (χ2n) is 2.00. The summed E-state index contributed by atoms with van der Waals surface area (Å²) in [6.45, 7) is 0. The van der Waals surface area contributed by atoms with E-state index < -0.39 is 5.97 Å². The fourth-order valence-electron chi connectivity index (χ4n) is 0.657. The lowest BCUT2D eigenvalue weighted by Gasteiger charge is -1.97. The van der Waals surface area contributed by atoms with Crippen LogP contribution in [0.4, 0.5) is 5.69 Å². The van der Waals surface area contributed by atoms with Crippen LogP contribution < -0.4 is 5.73 Å². The van der Waals surface area contributed by atoms with Gasteiger partial charge >= 0.3 is 5.97 Å². The lowest BCUT2D eigenvalue weighted by molar-refractivity contribution is -0.136. The van der Waals surface area contributed by atoms with E-state index in [9.17, 15) is 4.79 Å². The number of carboxylic acid groups (broad SMARTS) is 1. The molecule has 0 fully saturated rings. The number of hydrogen-bond acceptors (Lipinski definition) is 4. The molecule has 0 aliphatic rings. The van der Waals surface area contributed by atoms with Crippen molar-refractivity contribution in [2.24, 2.45) is 0 Å². The fourth-order valence-corrected chi connectivity index (χ4v) is 0.657. The maximum atomic E-state index is 10.2. The molecule has 1 heterocycles. The predicted molar refractivity (Wildman–Crippen MR) is 37.8 cm³/mol. The van der Waals surface area contributed by atoms with E-state index in [-0.39, 0.29) is 6.42 Å². The van der Waals surface area contributed by atoms with Crippen LogP contribution in [-0.4, -0.2) is 21.0 Å². The molecule has 0 radical (unpaired) electrons. The number of nitrogens with two attached hydrogens (primary N) is 1. The van der Waals surface area contributed by atoms with E-state index in [0.29, 0.717) is 11.4 Å². The van der Waals surface area contributed by atoms with Crippen LogP contribution in [0.3, 0.4) is 0 Å². The first-order chi connectivity index (χ1) is 5.20. The Bertz CT molecular complexity index is 274. The molecule has 5 heteroatoms. The van der Waals surface area contributed by atoms with Crippen molar-refractivity contribution in [3.63, 3.8) is 0 Å². The topological polar surface area (TPSA) is 89.1 Å². The number of nitrogens with zero attached hydrogens (tertiary/aromatic N) is 2. The molecule has 0 saturated carbocycles.